The molecular weight excluding hydrogens is 182 g/mol. The number of hydrogen-bond donors (Lipinski definition) is 1. The van der Waals surface area contributed by atoms with Gasteiger partial charge in [0, 0.05) is 12.5 Å². The number of rotatable bonds is 6. The second-order valence-electron chi connectivity index (χ2n) is 3.70. The molecule has 0 saturated carbocycles. The molecule has 0 fully saturated rings. The Morgan fingerprint density at radius 1 is 1.33 bits per heavy atom. The summed E-state index contributed by atoms with van der Waals surface area (Å²) in [7, 11) is 0. The molecule has 1 atom stereocenters. The minimum atomic E-state index is 0.471. The van der Waals surface area contributed by atoms with Gasteiger partial charge < -0.3 is 5.32 Å². The van der Waals surface area contributed by atoms with E-state index in [1.807, 2.05) is 6.07 Å². The molecule has 0 radical (unpaired) electrons. The van der Waals surface area contributed by atoms with E-state index < -0.39 is 0 Å². The Hall–Kier alpha value is -1.26. The van der Waals surface area contributed by atoms with Gasteiger partial charge >= 0.3 is 0 Å². The van der Waals surface area contributed by atoms with Crippen LogP contribution in [0.15, 0.2) is 30.3 Å². The third kappa shape index (κ3) is 4.67. The van der Waals surface area contributed by atoms with E-state index in [4.69, 9.17) is 6.42 Å². The molecule has 0 amide bonds. The van der Waals surface area contributed by atoms with E-state index in [0.29, 0.717) is 6.04 Å². The third-order valence-corrected chi connectivity index (χ3v) is 2.55. The summed E-state index contributed by atoms with van der Waals surface area (Å²) in [4.78, 5) is 0. The van der Waals surface area contributed by atoms with Gasteiger partial charge in [0.15, 0.2) is 0 Å². The van der Waals surface area contributed by atoms with Crippen LogP contribution in [0.5, 0.6) is 0 Å². The van der Waals surface area contributed by atoms with E-state index in [2.05, 4.69) is 42.4 Å². The predicted octanol–water partition coefficient (Wildman–Crippen LogP) is 2.62. The Morgan fingerprint density at radius 2 is 2.07 bits per heavy atom. The van der Waals surface area contributed by atoms with Crippen molar-refractivity contribution in [1.82, 2.24) is 5.32 Å². The van der Waals surface area contributed by atoms with E-state index in [-0.39, 0.29) is 0 Å². The van der Waals surface area contributed by atoms with E-state index in [1.54, 1.807) is 0 Å². The van der Waals surface area contributed by atoms with Gasteiger partial charge in [0.2, 0.25) is 0 Å². The zero-order chi connectivity index (χ0) is 10.9. The molecule has 80 valence electrons. The smallest absolute Gasteiger partial charge is 0.0240 e. The number of hydrogen-bond acceptors (Lipinski definition) is 1. The van der Waals surface area contributed by atoms with Crippen LogP contribution in [0.2, 0.25) is 0 Å². The molecule has 0 aliphatic rings. The molecule has 0 aliphatic carbocycles. The SMILES string of the molecule is C#CCC(CC)NCCc1ccccc1. The Morgan fingerprint density at radius 3 is 2.67 bits per heavy atom. The first-order chi connectivity index (χ1) is 7.36. The predicted molar refractivity (Wildman–Crippen MR) is 65.7 cm³/mol. The number of nitrogens with one attached hydrogen (secondary N) is 1. The molecule has 1 N–H and O–H groups in total. The van der Waals surface area contributed by atoms with E-state index in [0.717, 1.165) is 25.8 Å². The summed E-state index contributed by atoms with van der Waals surface area (Å²) in [5.74, 6) is 2.70. The lowest BCUT2D eigenvalue weighted by atomic mass is 10.1. The molecule has 1 aromatic rings. The molecular formula is C14H19N. The highest BCUT2D eigenvalue weighted by atomic mass is 14.9. The van der Waals surface area contributed by atoms with Crippen LogP contribution >= 0.6 is 0 Å². The van der Waals surface area contributed by atoms with E-state index in [9.17, 15) is 0 Å². The number of terminal acetylenes is 1. The summed E-state index contributed by atoms with van der Waals surface area (Å²) in [5, 5.41) is 3.48. The van der Waals surface area contributed by atoms with Crippen LogP contribution in [0.3, 0.4) is 0 Å². The Balaban J connectivity index is 2.24. The lowest BCUT2D eigenvalue weighted by Crippen LogP contribution is -2.29. The third-order valence-electron chi connectivity index (χ3n) is 2.55. The zero-order valence-corrected chi connectivity index (χ0v) is 9.37. The molecule has 1 unspecified atom stereocenters. The molecule has 0 aromatic heterocycles. The molecule has 0 spiro atoms. The fourth-order valence-electron chi connectivity index (χ4n) is 1.57. The molecule has 0 bridgehead atoms. The van der Waals surface area contributed by atoms with Crippen molar-refractivity contribution < 1.29 is 0 Å². The largest absolute Gasteiger partial charge is 0.313 e. The van der Waals surface area contributed by atoms with Gasteiger partial charge in [0.1, 0.15) is 0 Å². The van der Waals surface area contributed by atoms with Crippen molar-refractivity contribution in [3.8, 4) is 12.3 Å². The van der Waals surface area contributed by atoms with Crippen LogP contribution < -0.4 is 5.32 Å². The average Bonchev–Trinajstić information content (AvgIpc) is 2.29. The van der Waals surface area contributed by atoms with Crippen LogP contribution in [-0.4, -0.2) is 12.6 Å². The normalized spacial score (nSPS) is 12.0. The van der Waals surface area contributed by atoms with E-state index >= 15 is 0 Å². The molecule has 1 heteroatoms. The summed E-state index contributed by atoms with van der Waals surface area (Å²) in [5.41, 5.74) is 1.38. The highest BCUT2D eigenvalue weighted by Crippen LogP contribution is 2.00. The van der Waals surface area contributed by atoms with Gasteiger partial charge in [-0.3, -0.25) is 0 Å². The molecule has 15 heavy (non-hydrogen) atoms. The summed E-state index contributed by atoms with van der Waals surface area (Å²) < 4.78 is 0. The number of benzene rings is 1. The van der Waals surface area contributed by atoms with Crippen molar-refractivity contribution in [2.45, 2.75) is 32.2 Å². The second kappa shape index (κ2) is 7.09. The second-order valence-corrected chi connectivity index (χ2v) is 3.70. The van der Waals surface area contributed by atoms with Gasteiger partial charge in [0.05, 0.1) is 0 Å². The highest BCUT2D eigenvalue weighted by molar-refractivity contribution is 5.14. The van der Waals surface area contributed by atoms with Crippen molar-refractivity contribution in [3.05, 3.63) is 35.9 Å². The van der Waals surface area contributed by atoms with Crippen LogP contribution in [0, 0.1) is 12.3 Å². The summed E-state index contributed by atoms with van der Waals surface area (Å²) in [6, 6.07) is 11.0. The molecule has 1 nitrogen and oxygen atoms in total. The van der Waals surface area contributed by atoms with Gasteiger partial charge in [-0.1, -0.05) is 37.3 Å². The molecule has 0 heterocycles. The molecule has 1 rings (SSSR count). The standard InChI is InChI=1S/C14H19N/c1-3-8-14(4-2)15-12-11-13-9-6-5-7-10-13/h1,5-7,9-10,14-15H,4,8,11-12H2,2H3. The lowest BCUT2D eigenvalue weighted by Gasteiger charge is -2.13. The fourth-order valence-corrected chi connectivity index (χ4v) is 1.57. The van der Waals surface area contributed by atoms with Crippen LogP contribution in [0.25, 0.3) is 0 Å². The minimum Gasteiger partial charge on any atom is -0.313 e. The van der Waals surface area contributed by atoms with Gasteiger partial charge in [-0.05, 0) is 24.9 Å². The van der Waals surface area contributed by atoms with Crippen molar-refractivity contribution in [1.29, 1.82) is 0 Å². The van der Waals surface area contributed by atoms with Gasteiger partial charge in [-0.25, -0.2) is 0 Å². The molecule has 1 aromatic carbocycles. The first-order valence-electron chi connectivity index (χ1n) is 5.57. The van der Waals surface area contributed by atoms with Crippen molar-refractivity contribution in [2.75, 3.05) is 6.54 Å². The zero-order valence-electron chi connectivity index (χ0n) is 9.37. The van der Waals surface area contributed by atoms with Gasteiger partial charge in [-0.2, -0.15) is 0 Å². The monoisotopic (exact) mass is 201 g/mol. The maximum Gasteiger partial charge on any atom is 0.0240 e. The first-order valence-corrected chi connectivity index (χ1v) is 5.57. The van der Waals surface area contributed by atoms with Crippen molar-refractivity contribution >= 4 is 0 Å². The van der Waals surface area contributed by atoms with Gasteiger partial charge in [0.25, 0.3) is 0 Å². The quantitative estimate of drug-likeness (QED) is 0.698. The summed E-state index contributed by atoms with van der Waals surface area (Å²) in [6.45, 7) is 3.17. The Bertz CT molecular complexity index is 297. The Kier molecular flexibility index (Phi) is 5.58. The Labute approximate surface area is 92.9 Å². The lowest BCUT2D eigenvalue weighted by molar-refractivity contribution is 0.510. The van der Waals surface area contributed by atoms with E-state index in [1.165, 1.54) is 5.56 Å². The molecule has 0 aliphatic heterocycles. The summed E-state index contributed by atoms with van der Waals surface area (Å²) in [6.07, 6.45) is 8.29. The minimum absolute atomic E-state index is 0.471. The maximum absolute atomic E-state index is 5.30. The van der Waals surface area contributed by atoms with Gasteiger partial charge in [-0.15, -0.1) is 12.3 Å². The fraction of sp³-hybridized carbons (Fsp3) is 0.429. The van der Waals surface area contributed by atoms with Crippen molar-refractivity contribution in [3.63, 3.8) is 0 Å². The first kappa shape index (κ1) is 11.8. The summed E-state index contributed by atoms with van der Waals surface area (Å²) >= 11 is 0. The average molecular weight is 201 g/mol. The van der Waals surface area contributed by atoms with Crippen LogP contribution in [-0.2, 0) is 6.42 Å². The van der Waals surface area contributed by atoms with Crippen LogP contribution in [0.1, 0.15) is 25.3 Å². The van der Waals surface area contributed by atoms with Crippen molar-refractivity contribution in [2.24, 2.45) is 0 Å². The highest BCUT2D eigenvalue weighted by Gasteiger charge is 2.02. The maximum atomic E-state index is 5.30. The molecule has 0 saturated heterocycles. The topological polar surface area (TPSA) is 12.0 Å². The van der Waals surface area contributed by atoms with Crippen LogP contribution in [0.4, 0.5) is 0 Å².